The number of nitrogens with two attached hydrogens (primary N) is 1. The highest BCUT2D eigenvalue weighted by Crippen LogP contribution is 2.18. The van der Waals surface area contributed by atoms with Crippen molar-refractivity contribution in [3.05, 3.63) is 24.0 Å². The average Bonchev–Trinajstić information content (AvgIpc) is 2.47. The Hall–Kier alpha value is -2.64. The van der Waals surface area contributed by atoms with Crippen LogP contribution in [0.2, 0.25) is 0 Å². The number of nitrogens with one attached hydrogen (secondary N) is 1. The third-order valence-corrected chi connectivity index (χ3v) is 3.33. The minimum Gasteiger partial charge on any atom is -0.477 e. The molecule has 1 fully saturated rings. The third-order valence-electron chi connectivity index (χ3n) is 3.33. The van der Waals surface area contributed by atoms with Crippen LogP contribution in [0.4, 0.5) is 10.5 Å². The Labute approximate surface area is 120 Å². The number of carboxylic acids is 1. The molecule has 0 aliphatic carbocycles. The second kappa shape index (κ2) is 6.21. The lowest BCUT2D eigenvalue weighted by molar-refractivity contribution is -0.123. The van der Waals surface area contributed by atoms with E-state index in [0.29, 0.717) is 18.7 Å². The zero-order valence-electron chi connectivity index (χ0n) is 11.3. The number of piperidine rings is 1. The summed E-state index contributed by atoms with van der Waals surface area (Å²) in [4.78, 5) is 39.3. The Balaban J connectivity index is 2.05. The van der Waals surface area contributed by atoms with Gasteiger partial charge in [0.15, 0.2) is 0 Å². The van der Waals surface area contributed by atoms with E-state index in [2.05, 4.69) is 10.3 Å². The fraction of sp³-hybridized carbons (Fsp3) is 0.385. The van der Waals surface area contributed by atoms with Gasteiger partial charge in [-0.05, 0) is 31.4 Å². The zero-order chi connectivity index (χ0) is 15.4. The lowest BCUT2D eigenvalue weighted by Crippen LogP contribution is -2.51. The summed E-state index contributed by atoms with van der Waals surface area (Å²) in [6.07, 6.45) is 3.48. The number of nitrogens with zero attached hydrogens (tertiary/aromatic N) is 2. The molecule has 4 N–H and O–H groups in total. The maximum atomic E-state index is 12.2. The van der Waals surface area contributed by atoms with Crippen molar-refractivity contribution in [2.75, 3.05) is 11.9 Å². The van der Waals surface area contributed by atoms with E-state index in [1.807, 2.05) is 0 Å². The number of urea groups is 1. The molecule has 2 rings (SSSR count). The van der Waals surface area contributed by atoms with Crippen LogP contribution in [0.3, 0.4) is 0 Å². The molecular formula is C13H16N4O4. The molecule has 0 bridgehead atoms. The highest BCUT2D eigenvalue weighted by molar-refractivity contribution is 5.93. The van der Waals surface area contributed by atoms with Crippen LogP contribution in [0.1, 0.15) is 29.8 Å². The van der Waals surface area contributed by atoms with Crippen molar-refractivity contribution in [2.45, 2.75) is 25.3 Å². The standard InChI is InChI=1S/C13H16N4O4/c14-11(18)10-3-1-2-6-17(10)13(21)16-8-4-5-9(12(19)20)15-7-8/h4-5,7,10H,1-3,6H2,(H2,14,18)(H,16,21)(H,19,20). The van der Waals surface area contributed by atoms with Gasteiger partial charge in [0.25, 0.3) is 0 Å². The summed E-state index contributed by atoms with van der Waals surface area (Å²) in [5, 5.41) is 11.3. The minimum atomic E-state index is -1.14. The summed E-state index contributed by atoms with van der Waals surface area (Å²) in [6, 6.07) is 1.69. The van der Waals surface area contributed by atoms with Crippen LogP contribution in [-0.2, 0) is 4.79 Å². The highest BCUT2D eigenvalue weighted by Gasteiger charge is 2.30. The Morgan fingerprint density at radius 1 is 1.33 bits per heavy atom. The van der Waals surface area contributed by atoms with E-state index in [-0.39, 0.29) is 5.69 Å². The van der Waals surface area contributed by atoms with Gasteiger partial charge >= 0.3 is 12.0 Å². The number of rotatable bonds is 3. The molecule has 0 saturated carbocycles. The lowest BCUT2D eigenvalue weighted by Gasteiger charge is -2.33. The first-order chi connectivity index (χ1) is 9.99. The molecule has 0 radical (unpaired) electrons. The number of pyridine rings is 1. The Kier molecular flexibility index (Phi) is 4.36. The number of aromatic carboxylic acids is 1. The first-order valence-electron chi connectivity index (χ1n) is 6.55. The number of carboxylic acid groups (broad SMARTS) is 1. The van der Waals surface area contributed by atoms with Gasteiger partial charge < -0.3 is 21.1 Å². The van der Waals surface area contributed by atoms with Crippen LogP contribution >= 0.6 is 0 Å². The molecule has 1 atom stereocenters. The normalized spacial score (nSPS) is 18.1. The predicted molar refractivity (Wildman–Crippen MR) is 73.8 cm³/mol. The maximum Gasteiger partial charge on any atom is 0.354 e. The number of primary amides is 1. The lowest BCUT2D eigenvalue weighted by atomic mass is 10.0. The average molecular weight is 292 g/mol. The Morgan fingerprint density at radius 3 is 2.67 bits per heavy atom. The van der Waals surface area contributed by atoms with Crippen molar-refractivity contribution in [3.63, 3.8) is 0 Å². The van der Waals surface area contributed by atoms with Crippen LogP contribution in [0.15, 0.2) is 18.3 Å². The SMILES string of the molecule is NC(=O)C1CCCCN1C(=O)Nc1ccc(C(=O)O)nc1. The van der Waals surface area contributed by atoms with Crippen LogP contribution in [0.5, 0.6) is 0 Å². The second-order valence-electron chi connectivity index (χ2n) is 4.77. The predicted octanol–water partition coefficient (Wildman–Crippen LogP) is 0.651. The summed E-state index contributed by atoms with van der Waals surface area (Å²) in [5.41, 5.74) is 5.55. The summed E-state index contributed by atoms with van der Waals surface area (Å²) < 4.78 is 0. The summed E-state index contributed by atoms with van der Waals surface area (Å²) in [6.45, 7) is 0.458. The zero-order valence-corrected chi connectivity index (χ0v) is 11.3. The minimum absolute atomic E-state index is 0.110. The first-order valence-corrected chi connectivity index (χ1v) is 6.55. The third kappa shape index (κ3) is 3.47. The van der Waals surface area contributed by atoms with Crippen LogP contribution in [0, 0.1) is 0 Å². The van der Waals surface area contributed by atoms with E-state index in [4.69, 9.17) is 10.8 Å². The van der Waals surface area contributed by atoms with Crippen LogP contribution in [-0.4, -0.2) is 45.5 Å². The maximum absolute atomic E-state index is 12.2. The van der Waals surface area contributed by atoms with E-state index >= 15 is 0 Å². The Bertz CT molecular complexity index is 558. The molecule has 8 heteroatoms. The van der Waals surface area contributed by atoms with Gasteiger partial charge in [-0.3, -0.25) is 4.79 Å². The number of likely N-dealkylation sites (tertiary alicyclic amines) is 1. The van der Waals surface area contributed by atoms with Gasteiger partial charge in [-0.15, -0.1) is 0 Å². The number of amides is 3. The first kappa shape index (κ1) is 14.8. The molecular weight excluding hydrogens is 276 g/mol. The molecule has 0 spiro atoms. The van der Waals surface area contributed by atoms with E-state index in [1.54, 1.807) is 0 Å². The van der Waals surface area contributed by atoms with Gasteiger partial charge in [0.1, 0.15) is 11.7 Å². The number of carbonyl (C=O) groups excluding carboxylic acids is 2. The molecule has 1 aromatic rings. The van der Waals surface area contributed by atoms with E-state index in [9.17, 15) is 14.4 Å². The molecule has 21 heavy (non-hydrogen) atoms. The van der Waals surface area contributed by atoms with Crippen molar-refractivity contribution < 1.29 is 19.5 Å². The quantitative estimate of drug-likeness (QED) is 0.754. The molecule has 2 heterocycles. The van der Waals surface area contributed by atoms with Crippen molar-refractivity contribution >= 4 is 23.6 Å². The number of hydrogen-bond donors (Lipinski definition) is 3. The van der Waals surface area contributed by atoms with Gasteiger partial charge in [0.2, 0.25) is 5.91 Å². The number of carbonyl (C=O) groups is 3. The summed E-state index contributed by atoms with van der Waals surface area (Å²) >= 11 is 0. The van der Waals surface area contributed by atoms with Gasteiger partial charge in [-0.1, -0.05) is 0 Å². The van der Waals surface area contributed by atoms with Crippen molar-refractivity contribution in [3.8, 4) is 0 Å². The van der Waals surface area contributed by atoms with Gasteiger partial charge in [0, 0.05) is 6.54 Å². The van der Waals surface area contributed by atoms with Gasteiger partial charge in [-0.25, -0.2) is 14.6 Å². The molecule has 1 aliphatic heterocycles. The molecule has 112 valence electrons. The van der Waals surface area contributed by atoms with Crippen molar-refractivity contribution in [2.24, 2.45) is 5.73 Å². The summed E-state index contributed by atoms with van der Waals surface area (Å²) in [7, 11) is 0. The van der Waals surface area contributed by atoms with Crippen molar-refractivity contribution in [1.82, 2.24) is 9.88 Å². The summed E-state index contributed by atoms with van der Waals surface area (Å²) in [5.74, 6) is -1.66. The largest absolute Gasteiger partial charge is 0.477 e. The molecule has 0 aromatic carbocycles. The fourth-order valence-electron chi connectivity index (χ4n) is 2.26. The van der Waals surface area contributed by atoms with Gasteiger partial charge in [-0.2, -0.15) is 0 Å². The molecule has 1 saturated heterocycles. The molecule has 8 nitrogen and oxygen atoms in total. The molecule has 1 aromatic heterocycles. The molecule has 1 unspecified atom stereocenters. The number of anilines is 1. The number of hydrogen-bond acceptors (Lipinski definition) is 4. The smallest absolute Gasteiger partial charge is 0.354 e. The Morgan fingerprint density at radius 2 is 2.10 bits per heavy atom. The monoisotopic (exact) mass is 292 g/mol. The number of aromatic nitrogens is 1. The van der Waals surface area contributed by atoms with Crippen LogP contribution in [0.25, 0.3) is 0 Å². The van der Waals surface area contributed by atoms with E-state index < -0.39 is 23.9 Å². The highest BCUT2D eigenvalue weighted by atomic mass is 16.4. The molecule has 3 amide bonds. The van der Waals surface area contributed by atoms with Gasteiger partial charge in [0.05, 0.1) is 11.9 Å². The van der Waals surface area contributed by atoms with E-state index in [0.717, 1.165) is 12.8 Å². The second-order valence-corrected chi connectivity index (χ2v) is 4.77. The van der Waals surface area contributed by atoms with Crippen LogP contribution < -0.4 is 11.1 Å². The van der Waals surface area contributed by atoms with Crippen molar-refractivity contribution in [1.29, 1.82) is 0 Å². The van der Waals surface area contributed by atoms with E-state index in [1.165, 1.54) is 23.2 Å². The topological polar surface area (TPSA) is 126 Å². The fourth-order valence-corrected chi connectivity index (χ4v) is 2.26. The molecule has 1 aliphatic rings.